The molecule has 8 nitrogen and oxygen atoms in total. The molecule has 0 spiro atoms. The Kier molecular flexibility index (Phi) is 12.3. The van der Waals surface area contributed by atoms with E-state index < -0.39 is 22.9 Å². The number of thiazole rings is 1. The number of hydrogen-bond donors (Lipinski definition) is 3. The third-order valence-electron chi connectivity index (χ3n) is 7.70. The lowest BCUT2D eigenvalue weighted by Gasteiger charge is -2.17. The zero-order valence-corrected chi connectivity index (χ0v) is 30.6. The molecule has 0 aliphatic heterocycles. The van der Waals surface area contributed by atoms with Crippen molar-refractivity contribution in [1.82, 2.24) is 10.3 Å². The fourth-order valence-electron chi connectivity index (χ4n) is 5.14. The number of carbonyl (C=O) groups is 3. The second-order valence-corrected chi connectivity index (χ2v) is 13.8. The number of halogens is 2. The van der Waals surface area contributed by atoms with Gasteiger partial charge in [0.15, 0.2) is 5.13 Å². The normalized spacial score (nSPS) is 11.7. The summed E-state index contributed by atoms with van der Waals surface area (Å²) in [5.74, 6) is -1.44. The van der Waals surface area contributed by atoms with Crippen LogP contribution in [0.25, 0.3) is 17.3 Å². The van der Waals surface area contributed by atoms with E-state index in [0.29, 0.717) is 27.9 Å². The van der Waals surface area contributed by atoms with Crippen molar-refractivity contribution in [3.63, 3.8) is 0 Å². The second kappa shape index (κ2) is 17.6. The number of ether oxygens (including phenoxy) is 1. The smallest absolute Gasteiger partial charge is 0.272 e. The number of anilines is 2. The van der Waals surface area contributed by atoms with Gasteiger partial charge >= 0.3 is 0 Å². The molecule has 3 amide bonds. The highest BCUT2D eigenvalue weighted by atomic mass is 35.5. The maximum atomic E-state index is 14.8. The van der Waals surface area contributed by atoms with Gasteiger partial charge in [0, 0.05) is 32.7 Å². The van der Waals surface area contributed by atoms with E-state index in [9.17, 15) is 18.8 Å². The van der Waals surface area contributed by atoms with Crippen LogP contribution in [0.15, 0.2) is 143 Å². The molecule has 3 N–H and O–H groups in total. The summed E-state index contributed by atoms with van der Waals surface area (Å²) in [5.41, 5.74) is 2.80. The van der Waals surface area contributed by atoms with Crippen LogP contribution in [0, 0.1) is 5.82 Å². The first-order valence-corrected chi connectivity index (χ1v) is 18.6. The second-order valence-electron chi connectivity index (χ2n) is 11.4. The van der Waals surface area contributed by atoms with E-state index in [1.165, 1.54) is 47.4 Å². The Labute approximate surface area is 319 Å². The fourth-order valence-corrected chi connectivity index (χ4v) is 7.16. The first-order valence-electron chi connectivity index (χ1n) is 16.4. The van der Waals surface area contributed by atoms with Crippen LogP contribution in [-0.4, -0.2) is 29.3 Å². The minimum absolute atomic E-state index is 0.0551. The lowest BCUT2D eigenvalue weighted by molar-refractivity contribution is -0.116. The van der Waals surface area contributed by atoms with E-state index >= 15 is 0 Å². The van der Waals surface area contributed by atoms with Gasteiger partial charge in [0.1, 0.15) is 22.5 Å². The van der Waals surface area contributed by atoms with E-state index in [0.717, 1.165) is 22.6 Å². The first kappa shape index (κ1) is 37.0. The zero-order valence-electron chi connectivity index (χ0n) is 28.2. The maximum Gasteiger partial charge on any atom is 0.272 e. The predicted octanol–water partition coefficient (Wildman–Crippen LogP) is 9.88. The van der Waals surface area contributed by atoms with E-state index in [1.807, 2.05) is 73.0 Å². The van der Waals surface area contributed by atoms with Gasteiger partial charge in [-0.25, -0.2) is 9.37 Å². The van der Waals surface area contributed by atoms with E-state index in [-0.39, 0.29) is 22.2 Å². The molecule has 0 saturated heterocycles. The van der Waals surface area contributed by atoms with Crippen molar-refractivity contribution in [2.24, 2.45) is 0 Å². The molecular weight excluding hydrogens is 731 g/mol. The standard InChI is InChI=1S/C41H32ClFN4O4S2/c1-2-51-30-21-19-26(20-22-30)36-25-52-41(46-36)47-40(50)37(27-11-5-3-6-12-27)53-31-16-9-15-29(23-31)44-39(49)35(24-32-33(42)17-10-18-34(32)43)45-38(48)28-13-7-4-8-14-28/h3-25,37H,2H2,1H3,(H,44,49)(H,45,48)(H,46,47,50)/b35-24+. The summed E-state index contributed by atoms with van der Waals surface area (Å²) in [7, 11) is 0. The lowest BCUT2D eigenvalue weighted by atomic mass is 10.1. The Morgan fingerprint density at radius 3 is 2.32 bits per heavy atom. The zero-order chi connectivity index (χ0) is 37.2. The van der Waals surface area contributed by atoms with Crippen LogP contribution in [0.3, 0.4) is 0 Å². The van der Waals surface area contributed by atoms with Crippen LogP contribution in [0.4, 0.5) is 15.2 Å². The minimum atomic E-state index is -0.708. The molecule has 0 radical (unpaired) electrons. The number of benzene rings is 5. The molecule has 0 saturated carbocycles. The van der Waals surface area contributed by atoms with Crippen molar-refractivity contribution in [2.45, 2.75) is 17.1 Å². The third kappa shape index (κ3) is 9.78. The topological polar surface area (TPSA) is 109 Å². The van der Waals surface area contributed by atoms with Gasteiger partial charge < -0.3 is 20.7 Å². The average molecular weight is 763 g/mol. The van der Waals surface area contributed by atoms with Crippen molar-refractivity contribution in [3.8, 4) is 17.0 Å². The van der Waals surface area contributed by atoms with E-state index in [4.69, 9.17) is 16.3 Å². The van der Waals surface area contributed by atoms with Crippen molar-refractivity contribution < 1.29 is 23.5 Å². The Morgan fingerprint density at radius 2 is 1.60 bits per heavy atom. The molecule has 1 aromatic heterocycles. The average Bonchev–Trinajstić information content (AvgIpc) is 3.64. The van der Waals surface area contributed by atoms with Crippen LogP contribution in [0.5, 0.6) is 5.75 Å². The molecule has 5 aromatic carbocycles. The lowest BCUT2D eigenvalue weighted by Crippen LogP contribution is -2.30. The summed E-state index contributed by atoms with van der Waals surface area (Å²) in [6, 6.07) is 36.4. The summed E-state index contributed by atoms with van der Waals surface area (Å²) in [5, 5.41) is 10.1. The van der Waals surface area contributed by atoms with Crippen molar-refractivity contribution in [2.75, 3.05) is 17.2 Å². The summed E-state index contributed by atoms with van der Waals surface area (Å²) >= 11 is 8.88. The monoisotopic (exact) mass is 762 g/mol. The molecule has 12 heteroatoms. The molecule has 0 bridgehead atoms. The molecule has 1 unspecified atom stereocenters. The molecule has 266 valence electrons. The summed E-state index contributed by atoms with van der Waals surface area (Å²) < 4.78 is 20.3. The predicted molar refractivity (Wildman–Crippen MR) is 211 cm³/mol. The molecule has 1 atom stereocenters. The number of rotatable bonds is 13. The SMILES string of the molecule is CCOc1ccc(-c2csc(NC(=O)C(Sc3cccc(NC(=O)/C(=C\c4c(F)cccc4Cl)NC(=O)c4ccccc4)c3)c3ccccc3)n2)cc1. The van der Waals surface area contributed by atoms with Crippen LogP contribution >= 0.6 is 34.7 Å². The van der Waals surface area contributed by atoms with E-state index in [1.54, 1.807) is 48.5 Å². The van der Waals surface area contributed by atoms with Gasteiger partial charge in [-0.2, -0.15) is 0 Å². The summed E-state index contributed by atoms with van der Waals surface area (Å²) in [4.78, 5) is 45.9. The van der Waals surface area contributed by atoms with Gasteiger partial charge in [0.05, 0.1) is 17.3 Å². The molecule has 0 aliphatic rings. The van der Waals surface area contributed by atoms with Crippen LogP contribution in [-0.2, 0) is 9.59 Å². The van der Waals surface area contributed by atoms with Crippen molar-refractivity contribution in [1.29, 1.82) is 0 Å². The quantitative estimate of drug-likeness (QED) is 0.0799. The van der Waals surface area contributed by atoms with Gasteiger partial charge in [0.2, 0.25) is 5.91 Å². The number of nitrogens with one attached hydrogen (secondary N) is 3. The van der Waals surface area contributed by atoms with Gasteiger partial charge in [-0.15, -0.1) is 23.1 Å². The Balaban J connectivity index is 1.21. The molecule has 53 heavy (non-hydrogen) atoms. The highest BCUT2D eigenvalue weighted by Crippen LogP contribution is 2.38. The molecular formula is C41H32ClFN4O4S2. The van der Waals surface area contributed by atoms with Crippen LogP contribution in [0.1, 0.15) is 33.7 Å². The molecule has 6 rings (SSSR count). The molecule has 0 fully saturated rings. The number of thioether (sulfide) groups is 1. The van der Waals surface area contributed by atoms with Crippen LogP contribution in [0.2, 0.25) is 5.02 Å². The summed E-state index contributed by atoms with van der Waals surface area (Å²) in [6.45, 7) is 2.50. The summed E-state index contributed by atoms with van der Waals surface area (Å²) in [6.07, 6.45) is 1.20. The van der Waals surface area contributed by atoms with Crippen molar-refractivity contribution in [3.05, 3.63) is 166 Å². The Bertz CT molecular complexity index is 2230. The number of hydrogen-bond acceptors (Lipinski definition) is 7. The van der Waals surface area contributed by atoms with Crippen LogP contribution < -0.4 is 20.7 Å². The highest BCUT2D eigenvalue weighted by Gasteiger charge is 2.24. The van der Waals surface area contributed by atoms with Crippen molar-refractivity contribution >= 4 is 69.3 Å². The van der Waals surface area contributed by atoms with Gasteiger partial charge in [-0.1, -0.05) is 72.3 Å². The Morgan fingerprint density at radius 1 is 0.887 bits per heavy atom. The van der Waals surface area contributed by atoms with Gasteiger partial charge in [0.25, 0.3) is 11.8 Å². The fraction of sp³-hybridized carbons (Fsp3) is 0.0732. The van der Waals surface area contributed by atoms with Gasteiger partial charge in [-0.05, 0) is 85.3 Å². The number of amides is 3. The highest BCUT2D eigenvalue weighted by molar-refractivity contribution is 8.00. The molecule has 0 aliphatic carbocycles. The van der Waals surface area contributed by atoms with E-state index in [2.05, 4.69) is 20.9 Å². The largest absolute Gasteiger partial charge is 0.494 e. The number of aromatic nitrogens is 1. The third-order valence-corrected chi connectivity index (χ3v) is 10.0. The number of nitrogens with zero attached hydrogens (tertiary/aromatic N) is 1. The number of carbonyl (C=O) groups excluding carboxylic acids is 3. The Hall–Kier alpha value is -5.75. The van der Waals surface area contributed by atoms with Gasteiger partial charge in [-0.3, -0.25) is 14.4 Å². The first-order chi connectivity index (χ1) is 25.8. The maximum absolute atomic E-state index is 14.8. The molecule has 1 heterocycles. The molecule has 6 aromatic rings. The minimum Gasteiger partial charge on any atom is -0.494 e.